The second-order valence-electron chi connectivity index (χ2n) is 4.40. The van der Waals surface area contributed by atoms with E-state index in [0.29, 0.717) is 10.7 Å². The summed E-state index contributed by atoms with van der Waals surface area (Å²) in [5.41, 5.74) is 0.472. The number of nitro groups is 1. The predicted octanol–water partition coefficient (Wildman–Crippen LogP) is 3.23. The predicted molar refractivity (Wildman–Crippen MR) is 70.2 cm³/mol. The Morgan fingerprint density at radius 1 is 1.61 bits per heavy atom. The molecule has 18 heavy (non-hydrogen) atoms. The Morgan fingerprint density at radius 3 is 3.00 bits per heavy atom. The first-order chi connectivity index (χ1) is 8.58. The average molecular weight is 271 g/mol. The molecule has 1 N–H and O–H groups in total. The first-order valence-electron chi connectivity index (χ1n) is 5.90. The highest BCUT2D eigenvalue weighted by atomic mass is 35.5. The second-order valence-corrected chi connectivity index (χ2v) is 4.84. The molecule has 6 heteroatoms. The molecule has 1 aromatic carbocycles. The van der Waals surface area contributed by atoms with Gasteiger partial charge in [0.25, 0.3) is 5.69 Å². The molecule has 2 unspecified atom stereocenters. The third-order valence-corrected chi connectivity index (χ3v) is 3.30. The van der Waals surface area contributed by atoms with Crippen LogP contribution in [0.3, 0.4) is 0 Å². The molecular formula is C12H15ClN2O3. The minimum Gasteiger partial charge on any atom is -0.376 e. The Balaban J connectivity index is 2.15. The zero-order chi connectivity index (χ0) is 13.1. The Hall–Kier alpha value is -1.33. The first kappa shape index (κ1) is 13.1. The summed E-state index contributed by atoms with van der Waals surface area (Å²) in [4.78, 5) is 10.5. The number of nitrogens with zero attached hydrogens (tertiary/aromatic N) is 1. The zero-order valence-electron chi connectivity index (χ0n) is 10.1. The summed E-state index contributed by atoms with van der Waals surface area (Å²) in [6, 6.07) is 4.66. The number of benzene rings is 1. The van der Waals surface area contributed by atoms with Crippen LogP contribution in [0.5, 0.6) is 0 Å². The second kappa shape index (κ2) is 5.54. The van der Waals surface area contributed by atoms with Gasteiger partial charge in [-0.2, -0.15) is 0 Å². The van der Waals surface area contributed by atoms with Gasteiger partial charge in [-0.25, -0.2) is 0 Å². The normalized spacial score (nSPS) is 20.7. The number of nitro benzene ring substituents is 1. The van der Waals surface area contributed by atoms with Crippen molar-refractivity contribution in [2.75, 3.05) is 11.9 Å². The van der Waals surface area contributed by atoms with Gasteiger partial charge in [0.2, 0.25) is 0 Å². The number of hydrogen-bond donors (Lipinski definition) is 1. The lowest BCUT2D eigenvalue weighted by atomic mass is 10.1. The zero-order valence-corrected chi connectivity index (χ0v) is 10.8. The Kier molecular flexibility index (Phi) is 4.04. The van der Waals surface area contributed by atoms with Crippen LogP contribution in [-0.4, -0.2) is 23.7 Å². The van der Waals surface area contributed by atoms with Gasteiger partial charge in [0, 0.05) is 23.7 Å². The van der Waals surface area contributed by atoms with Gasteiger partial charge in [-0.05, 0) is 31.9 Å². The van der Waals surface area contributed by atoms with E-state index in [-0.39, 0.29) is 17.8 Å². The van der Waals surface area contributed by atoms with Crippen molar-refractivity contribution in [3.63, 3.8) is 0 Å². The largest absolute Gasteiger partial charge is 0.376 e. The maximum atomic E-state index is 11.0. The Bertz CT molecular complexity index is 447. The van der Waals surface area contributed by atoms with Gasteiger partial charge in [0.1, 0.15) is 5.69 Å². The summed E-state index contributed by atoms with van der Waals surface area (Å²) < 4.78 is 5.55. The van der Waals surface area contributed by atoms with Gasteiger partial charge >= 0.3 is 0 Å². The molecule has 0 radical (unpaired) electrons. The molecule has 98 valence electrons. The Labute approximate surface area is 110 Å². The number of nitrogens with one attached hydrogen (secondary N) is 1. The molecule has 0 aliphatic carbocycles. The summed E-state index contributed by atoms with van der Waals surface area (Å²) in [6.07, 6.45) is 2.13. The van der Waals surface area contributed by atoms with Crippen LogP contribution in [0.25, 0.3) is 0 Å². The number of hydrogen-bond acceptors (Lipinski definition) is 4. The van der Waals surface area contributed by atoms with E-state index in [4.69, 9.17) is 16.3 Å². The highest BCUT2D eigenvalue weighted by molar-refractivity contribution is 6.30. The highest BCUT2D eigenvalue weighted by Gasteiger charge is 2.24. The lowest BCUT2D eigenvalue weighted by Crippen LogP contribution is -2.30. The molecule has 2 atom stereocenters. The van der Waals surface area contributed by atoms with Crippen molar-refractivity contribution in [1.29, 1.82) is 0 Å². The molecular weight excluding hydrogens is 256 g/mol. The summed E-state index contributed by atoms with van der Waals surface area (Å²) >= 11 is 5.77. The smallest absolute Gasteiger partial charge is 0.293 e. The summed E-state index contributed by atoms with van der Waals surface area (Å²) in [5, 5.41) is 14.4. The van der Waals surface area contributed by atoms with Crippen molar-refractivity contribution in [1.82, 2.24) is 0 Å². The van der Waals surface area contributed by atoms with E-state index < -0.39 is 4.92 Å². The standard InChI is InChI=1S/C12H15ClN2O3/c1-8(12-3-2-6-18-12)14-10-5-4-9(13)7-11(10)15(16)17/h4-5,7-8,12,14H,2-3,6H2,1H3. The van der Waals surface area contributed by atoms with Crippen molar-refractivity contribution < 1.29 is 9.66 Å². The van der Waals surface area contributed by atoms with E-state index in [0.717, 1.165) is 19.4 Å². The maximum absolute atomic E-state index is 11.0. The van der Waals surface area contributed by atoms with Gasteiger partial charge in [0.15, 0.2) is 0 Å². The topological polar surface area (TPSA) is 64.4 Å². The van der Waals surface area contributed by atoms with Crippen LogP contribution in [0.1, 0.15) is 19.8 Å². The molecule has 0 amide bonds. The van der Waals surface area contributed by atoms with Crippen LogP contribution in [0.15, 0.2) is 18.2 Å². The fraction of sp³-hybridized carbons (Fsp3) is 0.500. The minimum atomic E-state index is -0.434. The summed E-state index contributed by atoms with van der Waals surface area (Å²) in [6.45, 7) is 2.73. The fourth-order valence-electron chi connectivity index (χ4n) is 2.11. The lowest BCUT2D eigenvalue weighted by molar-refractivity contribution is -0.384. The third kappa shape index (κ3) is 2.91. The molecule has 0 aromatic heterocycles. The number of rotatable bonds is 4. The molecule has 1 aromatic rings. The van der Waals surface area contributed by atoms with Gasteiger partial charge in [0.05, 0.1) is 11.0 Å². The maximum Gasteiger partial charge on any atom is 0.293 e. The highest BCUT2D eigenvalue weighted by Crippen LogP contribution is 2.29. The van der Waals surface area contributed by atoms with E-state index in [1.54, 1.807) is 12.1 Å². The average Bonchev–Trinajstić information content (AvgIpc) is 2.84. The number of ether oxygens (including phenoxy) is 1. The number of anilines is 1. The molecule has 2 rings (SSSR count). The molecule has 0 spiro atoms. The molecule has 1 aliphatic heterocycles. The third-order valence-electron chi connectivity index (χ3n) is 3.06. The van der Waals surface area contributed by atoms with Gasteiger partial charge < -0.3 is 10.1 Å². The first-order valence-corrected chi connectivity index (χ1v) is 6.28. The molecule has 1 heterocycles. The molecule has 1 saturated heterocycles. The van der Waals surface area contributed by atoms with Gasteiger partial charge in [-0.3, -0.25) is 10.1 Å². The lowest BCUT2D eigenvalue weighted by Gasteiger charge is -2.21. The van der Waals surface area contributed by atoms with Crippen molar-refractivity contribution in [2.24, 2.45) is 0 Å². The minimum absolute atomic E-state index is 0.00709. The van der Waals surface area contributed by atoms with E-state index in [9.17, 15) is 10.1 Å². The van der Waals surface area contributed by atoms with Crippen LogP contribution >= 0.6 is 11.6 Å². The van der Waals surface area contributed by atoms with Crippen molar-refractivity contribution in [2.45, 2.75) is 31.9 Å². The SMILES string of the molecule is CC(Nc1ccc(Cl)cc1[N+](=O)[O-])C1CCCO1. The summed E-state index contributed by atoms with van der Waals surface area (Å²) in [7, 11) is 0. The van der Waals surface area contributed by atoms with E-state index >= 15 is 0 Å². The molecule has 5 nitrogen and oxygen atoms in total. The van der Waals surface area contributed by atoms with Gasteiger partial charge in [-0.1, -0.05) is 11.6 Å². The van der Waals surface area contributed by atoms with E-state index in [1.165, 1.54) is 6.07 Å². The number of halogens is 1. The molecule has 0 bridgehead atoms. The fourth-order valence-corrected chi connectivity index (χ4v) is 2.28. The molecule has 1 aliphatic rings. The van der Waals surface area contributed by atoms with Crippen LogP contribution in [0.2, 0.25) is 5.02 Å². The van der Waals surface area contributed by atoms with Crippen molar-refractivity contribution >= 4 is 23.0 Å². The van der Waals surface area contributed by atoms with Crippen LogP contribution in [0.4, 0.5) is 11.4 Å². The van der Waals surface area contributed by atoms with Gasteiger partial charge in [-0.15, -0.1) is 0 Å². The Morgan fingerprint density at radius 2 is 2.39 bits per heavy atom. The summed E-state index contributed by atoms with van der Waals surface area (Å²) in [5.74, 6) is 0. The quantitative estimate of drug-likeness (QED) is 0.674. The van der Waals surface area contributed by atoms with E-state index in [2.05, 4.69) is 5.32 Å². The van der Waals surface area contributed by atoms with Crippen LogP contribution in [0, 0.1) is 10.1 Å². The monoisotopic (exact) mass is 270 g/mol. The van der Waals surface area contributed by atoms with Crippen molar-refractivity contribution in [3.05, 3.63) is 33.3 Å². The van der Waals surface area contributed by atoms with E-state index in [1.807, 2.05) is 6.92 Å². The van der Waals surface area contributed by atoms with Crippen LogP contribution in [-0.2, 0) is 4.74 Å². The molecule has 1 fully saturated rings. The van der Waals surface area contributed by atoms with Crippen LogP contribution < -0.4 is 5.32 Å². The van der Waals surface area contributed by atoms with Crippen molar-refractivity contribution in [3.8, 4) is 0 Å². The molecule has 0 saturated carbocycles.